The Hall–Kier alpha value is -2.66. The minimum atomic E-state index is -0.238. The van der Waals surface area contributed by atoms with Crippen molar-refractivity contribution in [3.63, 3.8) is 0 Å². The standard InChI is InChI=1S/C23H26N2O3/c26-21-12-11-20(23(27)24-13-15-28-16-14-24)22(19-9-5-2-6-10-19)25(21)17-18-7-3-1-4-8-18/h1-10,20,22H,11-17H2/t20-,22+/m1/s1. The fourth-order valence-electron chi connectivity index (χ4n) is 4.26. The first kappa shape index (κ1) is 18.7. The second-order valence-electron chi connectivity index (χ2n) is 7.45. The number of morpholine rings is 1. The molecule has 4 rings (SSSR count). The predicted molar refractivity (Wildman–Crippen MR) is 106 cm³/mol. The molecule has 5 heteroatoms. The predicted octanol–water partition coefficient (Wildman–Crippen LogP) is 3.03. The van der Waals surface area contributed by atoms with Gasteiger partial charge in [-0.15, -0.1) is 0 Å². The minimum Gasteiger partial charge on any atom is -0.378 e. The van der Waals surface area contributed by atoms with Gasteiger partial charge in [-0.2, -0.15) is 0 Å². The third-order valence-electron chi connectivity index (χ3n) is 5.68. The maximum absolute atomic E-state index is 13.4. The first-order chi connectivity index (χ1) is 13.7. The van der Waals surface area contributed by atoms with Crippen molar-refractivity contribution < 1.29 is 14.3 Å². The van der Waals surface area contributed by atoms with Crippen LogP contribution in [0.5, 0.6) is 0 Å². The lowest BCUT2D eigenvalue weighted by Gasteiger charge is -2.43. The van der Waals surface area contributed by atoms with Crippen molar-refractivity contribution in [1.82, 2.24) is 9.80 Å². The number of likely N-dealkylation sites (tertiary alicyclic amines) is 1. The Morgan fingerprint density at radius 3 is 2.29 bits per heavy atom. The Morgan fingerprint density at radius 1 is 0.964 bits per heavy atom. The van der Waals surface area contributed by atoms with E-state index in [0.717, 1.165) is 11.1 Å². The van der Waals surface area contributed by atoms with Gasteiger partial charge in [0.1, 0.15) is 0 Å². The second kappa shape index (κ2) is 8.57. The molecule has 0 radical (unpaired) electrons. The van der Waals surface area contributed by atoms with Gasteiger partial charge in [0.15, 0.2) is 0 Å². The van der Waals surface area contributed by atoms with Crippen molar-refractivity contribution in [2.24, 2.45) is 5.92 Å². The van der Waals surface area contributed by atoms with Gasteiger partial charge in [0.25, 0.3) is 0 Å². The highest BCUT2D eigenvalue weighted by Gasteiger charge is 2.42. The van der Waals surface area contributed by atoms with Gasteiger partial charge in [-0.3, -0.25) is 9.59 Å². The summed E-state index contributed by atoms with van der Waals surface area (Å²) in [5.41, 5.74) is 2.11. The van der Waals surface area contributed by atoms with Crippen molar-refractivity contribution in [3.05, 3.63) is 71.8 Å². The maximum atomic E-state index is 13.4. The zero-order chi connectivity index (χ0) is 19.3. The highest BCUT2D eigenvalue weighted by atomic mass is 16.5. The van der Waals surface area contributed by atoms with E-state index < -0.39 is 0 Å². The first-order valence-corrected chi connectivity index (χ1v) is 9.99. The molecule has 146 valence electrons. The van der Waals surface area contributed by atoms with E-state index in [1.807, 2.05) is 70.5 Å². The smallest absolute Gasteiger partial charge is 0.228 e. The highest BCUT2D eigenvalue weighted by molar-refractivity contribution is 5.85. The van der Waals surface area contributed by atoms with Crippen LogP contribution in [-0.4, -0.2) is 47.9 Å². The average molecular weight is 378 g/mol. The van der Waals surface area contributed by atoms with Gasteiger partial charge in [0.2, 0.25) is 11.8 Å². The Balaban J connectivity index is 1.66. The summed E-state index contributed by atoms with van der Waals surface area (Å²) in [5.74, 6) is 0.0355. The number of benzene rings is 2. The summed E-state index contributed by atoms with van der Waals surface area (Å²) < 4.78 is 5.41. The molecular formula is C23H26N2O3. The molecule has 2 aliphatic heterocycles. The number of piperidine rings is 1. The Labute approximate surface area is 165 Å². The van der Waals surface area contributed by atoms with Gasteiger partial charge in [-0.1, -0.05) is 60.7 Å². The number of ether oxygens (including phenoxy) is 1. The molecule has 0 spiro atoms. The number of hydrogen-bond donors (Lipinski definition) is 0. The van der Waals surface area contributed by atoms with E-state index >= 15 is 0 Å². The molecule has 0 saturated carbocycles. The number of amides is 2. The van der Waals surface area contributed by atoms with Crippen LogP contribution in [0.2, 0.25) is 0 Å². The molecule has 2 saturated heterocycles. The monoisotopic (exact) mass is 378 g/mol. The highest BCUT2D eigenvalue weighted by Crippen LogP contribution is 2.39. The topological polar surface area (TPSA) is 49.9 Å². The average Bonchev–Trinajstić information content (AvgIpc) is 2.76. The van der Waals surface area contributed by atoms with Gasteiger partial charge in [0, 0.05) is 26.1 Å². The molecule has 2 aromatic rings. The quantitative estimate of drug-likeness (QED) is 0.822. The van der Waals surface area contributed by atoms with Crippen LogP contribution in [0.15, 0.2) is 60.7 Å². The van der Waals surface area contributed by atoms with Gasteiger partial charge < -0.3 is 14.5 Å². The summed E-state index contributed by atoms with van der Waals surface area (Å²) in [6.45, 7) is 2.95. The SMILES string of the molecule is O=C([C@@H]1CCC(=O)N(Cc2ccccc2)[C@H]1c1ccccc1)N1CCOCC1. The van der Waals surface area contributed by atoms with Crippen LogP contribution >= 0.6 is 0 Å². The Bertz CT molecular complexity index is 803. The van der Waals surface area contributed by atoms with E-state index in [9.17, 15) is 9.59 Å². The molecule has 2 amide bonds. The maximum Gasteiger partial charge on any atom is 0.228 e. The number of carbonyl (C=O) groups is 2. The minimum absolute atomic E-state index is 0.115. The third kappa shape index (κ3) is 3.94. The van der Waals surface area contributed by atoms with Crippen molar-refractivity contribution >= 4 is 11.8 Å². The Kier molecular flexibility index (Phi) is 5.72. The van der Waals surface area contributed by atoms with E-state index in [-0.39, 0.29) is 23.8 Å². The van der Waals surface area contributed by atoms with Crippen molar-refractivity contribution in [1.29, 1.82) is 0 Å². The third-order valence-corrected chi connectivity index (χ3v) is 5.68. The number of hydrogen-bond acceptors (Lipinski definition) is 3. The summed E-state index contributed by atoms with van der Waals surface area (Å²) in [7, 11) is 0. The van der Waals surface area contributed by atoms with Gasteiger partial charge >= 0.3 is 0 Å². The normalized spacial score (nSPS) is 22.9. The fraction of sp³-hybridized carbons (Fsp3) is 0.391. The second-order valence-corrected chi connectivity index (χ2v) is 7.45. The van der Waals surface area contributed by atoms with Crippen molar-refractivity contribution in [2.75, 3.05) is 26.3 Å². The van der Waals surface area contributed by atoms with Gasteiger partial charge in [-0.25, -0.2) is 0 Å². The molecule has 5 nitrogen and oxygen atoms in total. The number of nitrogens with zero attached hydrogens (tertiary/aromatic N) is 2. The molecule has 2 atom stereocenters. The number of rotatable bonds is 4. The Morgan fingerprint density at radius 2 is 1.61 bits per heavy atom. The molecule has 0 bridgehead atoms. The largest absolute Gasteiger partial charge is 0.378 e. The summed E-state index contributed by atoms with van der Waals surface area (Å²) in [6, 6.07) is 19.7. The summed E-state index contributed by atoms with van der Waals surface area (Å²) in [4.78, 5) is 30.1. The van der Waals surface area contributed by atoms with E-state index in [0.29, 0.717) is 45.7 Å². The van der Waals surface area contributed by atoms with Crippen LogP contribution < -0.4 is 0 Å². The van der Waals surface area contributed by atoms with Gasteiger partial charge in [-0.05, 0) is 17.5 Å². The van der Waals surface area contributed by atoms with Crippen LogP contribution in [0.3, 0.4) is 0 Å². The van der Waals surface area contributed by atoms with Crippen molar-refractivity contribution in [2.45, 2.75) is 25.4 Å². The van der Waals surface area contributed by atoms with E-state index in [1.165, 1.54) is 0 Å². The summed E-state index contributed by atoms with van der Waals surface area (Å²) in [5, 5.41) is 0. The summed E-state index contributed by atoms with van der Waals surface area (Å²) >= 11 is 0. The van der Waals surface area contributed by atoms with Gasteiger partial charge in [0.05, 0.1) is 25.2 Å². The van der Waals surface area contributed by atoms with Crippen molar-refractivity contribution in [3.8, 4) is 0 Å². The van der Waals surface area contributed by atoms with E-state index in [1.54, 1.807) is 0 Å². The van der Waals surface area contributed by atoms with Crippen LogP contribution in [-0.2, 0) is 20.9 Å². The molecule has 0 aromatic heterocycles. The fourth-order valence-corrected chi connectivity index (χ4v) is 4.26. The molecular weight excluding hydrogens is 352 g/mol. The zero-order valence-corrected chi connectivity index (χ0v) is 16.0. The zero-order valence-electron chi connectivity index (χ0n) is 16.0. The van der Waals surface area contributed by atoms with Crippen LogP contribution in [0.1, 0.15) is 30.0 Å². The molecule has 2 heterocycles. The van der Waals surface area contributed by atoms with Crippen LogP contribution in [0, 0.1) is 5.92 Å². The molecule has 2 aliphatic rings. The lowest BCUT2D eigenvalue weighted by Crippen LogP contribution is -2.51. The summed E-state index contributed by atoms with van der Waals surface area (Å²) in [6.07, 6.45) is 1.01. The van der Waals surface area contributed by atoms with Crippen LogP contribution in [0.25, 0.3) is 0 Å². The molecule has 0 N–H and O–H groups in total. The lowest BCUT2D eigenvalue weighted by atomic mass is 9.83. The first-order valence-electron chi connectivity index (χ1n) is 9.99. The number of carbonyl (C=O) groups excluding carboxylic acids is 2. The molecule has 0 aliphatic carbocycles. The van der Waals surface area contributed by atoms with E-state index in [4.69, 9.17) is 4.74 Å². The molecule has 2 fully saturated rings. The lowest BCUT2D eigenvalue weighted by molar-refractivity contribution is -0.151. The molecule has 28 heavy (non-hydrogen) atoms. The van der Waals surface area contributed by atoms with Crippen LogP contribution in [0.4, 0.5) is 0 Å². The molecule has 0 unspecified atom stereocenters. The van der Waals surface area contributed by atoms with E-state index in [2.05, 4.69) is 0 Å². The molecule has 2 aromatic carbocycles.